The maximum atomic E-state index is 12.6. The highest BCUT2D eigenvalue weighted by atomic mass is 32.2. The lowest BCUT2D eigenvalue weighted by Crippen LogP contribution is -2.35. The van der Waals surface area contributed by atoms with Crippen molar-refractivity contribution in [3.05, 3.63) is 58.8 Å². The van der Waals surface area contributed by atoms with Gasteiger partial charge in [0.05, 0.1) is 23.0 Å². The first kappa shape index (κ1) is 18.3. The molecule has 0 aliphatic heterocycles. The Balaban J connectivity index is 1.66. The third kappa shape index (κ3) is 4.16. The lowest BCUT2D eigenvalue weighted by Gasteiger charge is -2.13. The van der Waals surface area contributed by atoms with Gasteiger partial charge < -0.3 is 14.3 Å². The van der Waals surface area contributed by atoms with Gasteiger partial charge >= 0.3 is 0 Å². The van der Waals surface area contributed by atoms with E-state index < -0.39 is 0 Å². The minimum Gasteiger partial charge on any atom is -0.469 e. The summed E-state index contributed by atoms with van der Waals surface area (Å²) in [4.78, 5) is 29.2. The Morgan fingerprint density at radius 2 is 2.12 bits per heavy atom. The number of benzene rings is 1. The number of fused-ring (bicyclic) bond motifs is 1. The number of carbonyl (C=O) groups is 1. The molecular weight excluding hydrogens is 350 g/mol. The highest BCUT2D eigenvalue weighted by molar-refractivity contribution is 7.99. The lowest BCUT2D eigenvalue weighted by molar-refractivity contribution is -0.119. The first-order chi connectivity index (χ1) is 12.6. The van der Waals surface area contributed by atoms with E-state index in [1.54, 1.807) is 10.8 Å². The van der Waals surface area contributed by atoms with Crippen molar-refractivity contribution < 1.29 is 9.21 Å². The van der Waals surface area contributed by atoms with Gasteiger partial charge in [-0.1, -0.05) is 23.9 Å². The van der Waals surface area contributed by atoms with Gasteiger partial charge in [-0.25, -0.2) is 4.98 Å². The van der Waals surface area contributed by atoms with Crippen molar-refractivity contribution >= 4 is 28.7 Å². The van der Waals surface area contributed by atoms with Gasteiger partial charge in [0.2, 0.25) is 5.91 Å². The number of amides is 1. The first-order valence-corrected chi connectivity index (χ1v) is 9.51. The SMILES string of the molecule is CCn1c(=O)c(SCC(=O)N[C@H](C)Cc2ccco2)nc2ccccc21. The smallest absolute Gasteiger partial charge is 0.283 e. The molecular formula is C19H21N3O3S. The number of furan rings is 1. The van der Waals surface area contributed by atoms with Crippen LogP contribution in [0.15, 0.2) is 56.9 Å². The second kappa shape index (κ2) is 8.23. The Morgan fingerprint density at radius 1 is 1.31 bits per heavy atom. The Kier molecular flexibility index (Phi) is 5.78. The molecule has 0 bridgehead atoms. The van der Waals surface area contributed by atoms with Crippen LogP contribution in [0.3, 0.4) is 0 Å². The van der Waals surface area contributed by atoms with Crippen LogP contribution in [0.1, 0.15) is 19.6 Å². The van der Waals surface area contributed by atoms with Crippen molar-refractivity contribution in [2.75, 3.05) is 5.75 Å². The van der Waals surface area contributed by atoms with Gasteiger partial charge in [0.25, 0.3) is 5.56 Å². The van der Waals surface area contributed by atoms with E-state index in [0.717, 1.165) is 16.8 Å². The fourth-order valence-corrected chi connectivity index (χ4v) is 3.56. The van der Waals surface area contributed by atoms with Crippen LogP contribution in [0.4, 0.5) is 0 Å². The topological polar surface area (TPSA) is 77.1 Å². The Hall–Kier alpha value is -2.54. The average molecular weight is 371 g/mol. The van der Waals surface area contributed by atoms with Crippen LogP contribution in [-0.2, 0) is 17.8 Å². The van der Waals surface area contributed by atoms with Crippen molar-refractivity contribution in [3.63, 3.8) is 0 Å². The fourth-order valence-electron chi connectivity index (χ4n) is 2.81. The number of aromatic nitrogens is 2. The van der Waals surface area contributed by atoms with Gasteiger partial charge in [-0.2, -0.15) is 0 Å². The lowest BCUT2D eigenvalue weighted by atomic mass is 10.2. The molecule has 3 rings (SSSR count). The molecule has 0 aliphatic carbocycles. The number of nitrogens with zero attached hydrogens (tertiary/aromatic N) is 2. The maximum absolute atomic E-state index is 12.6. The average Bonchev–Trinajstić information content (AvgIpc) is 3.12. The van der Waals surface area contributed by atoms with Crippen LogP contribution in [0, 0.1) is 0 Å². The van der Waals surface area contributed by atoms with Crippen molar-refractivity contribution in [1.82, 2.24) is 14.9 Å². The van der Waals surface area contributed by atoms with Crippen LogP contribution in [0.25, 0.3) is 11.0 Å². The molecule has 1 amide bonds. The molecule has 2 heterocycles. The molecule has 0 spiro atoms. The highest BCUT2D eigenvalue weighted by Crippen LogP contribution is 2.16. The molecule has 0 saturated carbocycles. The molecule has 2 aromatic heterocycles. The molecule has 3 aromatic rings. The fraction of sp³-hybridized carbons (Fsp3) is 0.316. The molecule has 1 atom stereocenters. The minimum absolute atomic E-state index is 0.0499. The number of para-hydroxylation sites is 2. The second-order valence-electron chi connectivity index (χ2n) is 6.00. The summed E-state index contributed by atoms with van der Waals surface area (Å²) in [5, 5.41) is 3.26. The number of thioether (sulfide) groups is 1. The molecule has 136 valence electrons. The molecule has 0 saturated heterocycles. The van der Waals surface area contributed by atoms with E-state index in [9.17, 15) is 9.59 Å². The summed E-state index contributed by atoms with van der Waals surface area (Å²) in [5.74, 6) is 0.839. The van der Waals surface area contributed by atoms with E-state index in [-0.39, 0.29) is 23.3 Å². The summed E-state index contributed by atoms with van der Waals surface area (Å²) in [6, 6.07) is 11.2. The van der Waals surface area contributed by atoms with E-state index in [1.165, 1.54) is 11.8 Å². The summed E-state index contributed by atoms with van der Waals surface area (Å²) in [5.41, 5.74) is 1.40. The van der Waals surface area contributed by atoms with Gasteiger partial charge in [0.1, 0.15) is 5.76 Å². The first-order valence-electron chi connectivity index (χ1n) is 8.52. The van der Waals surface area contributed by atoms with E-state index in [2.05, 4.69) is 10.3 Å². The van der Waals surface area contributed by atoms with E-state index in [1.807, 2.05) is 50.2 Å². The predicted molar refractivity (Wildman–Crippen MR) is 102 cm³/mol. The Bertz CT molecular complexity index is 950. The molecule has 1 aromatic carbocycles. The number of hydrogen-bond acceptors (Lipinski definition) is 5. The number of aryl methyl sites for hydroxylation is 1. The zero-order valence-electron chi connectivity index (χ0n) is 14.8. The number of nitrogens with one attached hydrogen (secondary N) is 1. The summed E-state index contributed by atoms with van der Waals surface area (Å²) in [6.45, 7) is 4.40. The summed E-state index contributed by atoms with van der Waals surface area (Å²) in [7, 11) is 0. The van der Waals surface area contributed by atoms with Gasteiger partial charge in [-0.15, -0.1) is 0 Å². The Labute approximate surface area is 155 Å². The van der Waals surface area contributed by atoms with Gasteiger partial charge in [-0.05, 0) is 38.1 Å². The Morgan fingerprint density at radius 3 is 2.85 bits per heavy atom. The number of carbonyl (C=O) groups excluding carboxylic acids is 1. The van der Waals surface area contributed by atoms with Crippen molar-refractivity contribution in [3.8, 4) is 0 Å². The minimum atomic E-state index is -0.160. The van der Waals surface area contributed by atoms with Crippen LogP contribution in [-0.4, -0.2) is 27.3 Å². The van der Waals surface area contributed by atoms with Crippen LogP contribution < -0.4 is 10.9 Å². The summed E-state index contributed by atoms with van der Waals surface area (Å²) >= 11 is 1.17. The highest BCUT2D eigenvalue weighted by Gasteiger charge is 2.14. The molecule has 0 radical (unpaired) electrons. The van der Waals surface area contributed by atoms with Crippen molar-refractivity contribution in [2.24, 2.45) is 0 Å². The molecule has 26 heavy (non-hydrogen) atoms. The monoisotopic (exact) mass is 371 g/mol. The standard InChI is InChI=1S/C19H21N3O3S/c1-3-22-16-9-5-4-8-15(16)21-18(19(22)24)26-12-17(23)20-13(2)11-14-7-6-10-25-14/h4-10,13H,3,11-12H2,1-2H3,(H,20,23)/t13-/m1/s1. The van der Waals surface area contributed by atoms with E-state index >= 15 is 0 Å². The zero-order chi connectivity index (χ0) is 18.5. The molecule has 0 aliphatic rings. The van der Waals surface area contributed by atoms with Gasteiger partial charge in [0, 0.05) is 19.0 Å². The largest absolute Gasteiger partial charge is 0.469 e. The van der Waals surface area contributed by atoms with Crippen LogP contribution >= 0.6 is 11.8 Å². The third-order valence-corrected chi connectivity index (χ3v) is 4.92. The molecule has 1 N–H and O–H groups in total. The van der Waals surface area contributed by atoms with Crippen LogP contribution in [0.2, 0.25) is 0 Å². The molecule has 0 fully saturated rings. The zero-order valence-corrected chi connectivity index (χ0v) is 15.6. The van der Waals surface area contributed by atoms with E-state index in [4.69, 9.17) is 4.42 Å². The van der Waals surface area contributed by atoms with Gasteiger partial charge in [0.15, 0.2) is 5.03 Å². The van der Waals surface area contributed by atoms with Crippen LogP contribution in [0.5, 0.6) is 0 Å². The second-order valence-corrected chi connectivity index (χ2v) is 6.96. The molecule has 7 heteroatoms. The quantitative estimate of drug-likeness (QED) is 0.646. The van der Waals surface area contributed by atoms with Gasteiger partial charge in [-0.3, -0.25) is 9.59 Å². The molecule has 6 nitrogen and oxygen atoms in total. The van der Waals surface area contributed by atoms with E-state index in [0.29, 0.717) is 18.0 Å². The maximum Gasteiger partial charge on any atom is 0.283 e. The third-order valence-electron chi connectivity index (χ3n) is 3.97. The molecule has 0 unspecified atom stereocenters. The summed E-state index contributed by atoms with van der Waals surface area (Å²) in [6.07, 6.45) is 2.24. The number of rotatable bonds is 7. The van der Waals surface area contributed by atoms with Crippen molar-refractivity contribution in [2.45, 2.75) is 37.9 Å². The number of hydrogen-bond donors (Lipinski definition) is 1. The normalized spacial score (nSPS) is 12.2. The van der Waals surface area contributed by atoms with Crippen molar-refractivity contribution in [1.29, 1.82) is 0 Å². The predicted octanol–water partition coefficient (Wildman–Crippen LogP) is 2.85. The summed E-state index contributed by atoms with van der Waals surface area (Å²) < 4.78 is 6.97.